The van der Waals surface area contributed by atoms with Crippen LogP contribution < -0.4 is 10.1 Å². The Kier molecular flexibility index (Phi) is 4.64. The summed E-state index contributed by atoms with van der Waals surface area (Å²) in [5, 5.41) is 3.38. The average Bonchev–Trinajstić information content (AvgIpc) is 2.41. The van der Waals surface area contributed by atoms with Crippen molar-refractivity contribution in [2.45, 2.75) is 20.0 Å². The zero-order valence-electron chi connectivity index (χ0n) is 11.4. The molecule has 3 nitrogen and oxygen atoms in total. The number of carbonyl (C=O) groups excluding carboxylic acids is 1. The van der Waals surface area contributed by atoms with Gasteiger partial charge in [0, 0.05) is 10.7 Å². The Bertz CT molecular complexity index is 596. The molecule has 0 heterocycles. The SMILES string of the molecule is Cc1ccc(NC(=O)[C@H](C)Oc2cccc(Cl)c2)cc1. The molecule has 0 fully saturated rings. The number of carbonyl (C=O) groups is 1. The molecule has 0 aromatic heterocycles. The number of ether oxygens (including phenoxy) is 1. The second-order valence-corrected chi connectivity index (χ2v) is 5.01. The number of amides is 1. The zero-order valence-corrected chi connectivity index (χ0v) is 12.1. The number of nitrogens with one attached hydrogen (secondary N) is 1. The number of anilines is 1. The minimum absolute atomic E-state index is 0.200. The van der Waals surface area contributed by atoms with Crippen LogP contribution >= 0.6 is 11.6 Å². The summed E-state index contributed by atoms with van der Waals surface area (Å²) in [6, 6.07) is 14.6. The van der Waals surface area contributed by atoms with E-state index in [2.05, 4.69) is 5.32 Å². The smallest absolute Gasteiger partial charge is 0.265 e. The highest BCUT2D eigenvalue weighted by Gasteiger charge is 2.14. The second kappa shape index (κ2) is 6.44. The van der Waals surface area contributed by atoms with Gasteiger partial charge in [-0.05, 0) is 44.2 Å². The maximum absolute atomic E-state index is 12.0. The summed E-state index contributed by atoms with van der Waals surface area (Å²) in [5.74, 6) is 0.373. The monoisotopic (exact) mass is 289 g/mol. The second-order valence-electron chi connectivity index (χ2n) is 4.57. The predicted molar refractivity (Wildman–Crippen MR) is 81.4 cm³/mol. The number of rotatable bonds is 4. The average molecular weight is 290 g/mol. The molecular weight excluding hydrogens is 274 g/mol. The van der Waals surface area contributed by atoms with Crippen LogP contribution in [-0.2, 0) is 4.79 Å². The molecule has 2 aromatic rings. The predicted octanol–water partition coefficient (Wildman–Crippen LogP) is 4.05. The molecule has 2 rings (SSSR count). The van der Waals surface area contributed by atoms with Gasteiger partial charge in [-0.1, -0.05) is 35.4 Å². The Morgan fingerprint density at radius 3 is 2.55 bits per heavy atom. The number of benzene rings is 2. The first-order valence-electron chi connectivity index (χ1n) is 6.34. The summed E-state index contributed by atoms with van der Waals surface area (Å²) in [4.78, 5) is 12.0. The molecule has 0 bridgehead atoms. The molecule has 0 saturated heterocycles. The van der Waals surface area contributed by atoms with Gasteiger partial charge in [-0.2, -0.15) is 0 Å². The van der Waals surface area contributed by atoms with Crippen molar-refractivity contribution in [1.29, 1.82) is 0 Å². The Morgan fingerprint density at radius 2 is 1.90 bits per heavy atom. The lowest BCUT2D eigenvalue weighted by Crippen LogP contribution is -2.30. The molecule has 0 aliphatic rings. The first-order chi connectivity index (χ1) is 9.54. The van der Waals surface area contributed by atoms with E-state index < -0.39 is 6.10 Å². The van der Waals surface area contributed by atoms with Gasteiger partial charge in [0.15, 0.2) is 6.10 Å². The Balaban J connectivity index is 1.96. The lowest BCUT2D eigenvalue weighted by atomic mass is 10.2. The first kappa shape index (κ1) is 14.4. The van der Waals surface area contributed by atoms with Crippen LogP contribution in [0.2, 0.25) is 5.02 Å². The number of halogens is 1. The van der Waals surface area contributed by atoms with Gasteiger partial charge in [-0.15, -0.1) is 0 Å². The highest BCUT2D eigenvalue weighted by molar-refractivity contribution is 6.30. The molecule has 104 valence electrons. The van der Waals surface area contributed by atoms with Crippen molar-refractivity contribution < 1.29 is 9.53 Å². The summed E-state index contributed by atoms with van der Waals surface area (Å²) >= 11 is 5.87. The minimum Gasteiger partial charge on any atom is -0.481 e. The Labute approximate surface area is 123 Å². The third kappa shape index (κ3) is 4.00. The molecule has 0 radical (unpaired) electrons. The molecule has 1 amide bonds. The Hall–Kier alpha value is -2.00. The first-order valence-corrected chi connectivity index (χ1v) is 6.72. The van der Waals surface area contributed by atoms with E-state index in [0.717, 1.165) is 11.3 Å². The highest BCUT2D eigenvalue weighted by atomic mass is 35.5. The minimum atomic E-state index is -0.602. The lowest BCUT2D eigenvalue weighted by Gasteiger charge is -2.15. The van der Waals surface area contributed by atoms with Crippen molar-refractivity contribution in [3.8, 4) is 5.75 Å². The van der Waals surface area contributed by atoms with E-state index in [1.807, 2.05) is 31.2 Å². The van der Waals surface area contributed by atoms with E-state index in [-0.39, 0.29) is 5.91 Å². The van der Waals surface area contributed by atoms with E-state index in [0.29, 0.717) is 10.8 Å². The maximum atomic E-state index is 12.0. The largest absolute Gasteiger partial charge is 0.481 e. The molecule has 1 N–H and O–H groups in total. The van der Waals surface area contributed by atoms with E-state index in [4.69, 9.17) is 16.3 Å². The van der Waals surface area contributed by atoms with Gasteiger partial charge >= 0.3 is 0 Å². The van der Waals surface area contributed by atoms with Crippen molar-refractivity contribution in [2.75, 3.05) is 5.32 Å². The van der Waals surface area contributed by atoms with E-state index in [1.54, 1.807) is 31.2 Å². The summed E-state index contributed by atoms with van der Waals surface area (Å²) < 4.78 is 5.56. The maximum Gasteiger partial charge on any atom is 0.265 e. The van der Waals surface area contributed by atoms with Crippen LogP contribution in [0.15, 0.2) is 48.5 Å². The summed E-state index contributed by atoms with van der Waals surface area (Å²) in [6.45, 7) is 3.70. The quantitative estimate of drug-likeness (QED) is 0.922. The number of aryl methyl sites for hydroxylation is 1. The van der Waals surface area contributed by atoms with Crippen molar-refractivity contribution in [1.82, 2.24) is 0 Å². The van der Waals surface area contributed by atoms with Crippen LogP contribution in [0, 0.1) is 6.92 Å². The van der Waals surface area contributed by atoms with E-state index in [1.165, 1.54) is 0 Å². The molecule has 0 aliphatic carbocycles. The van der Waals surface area contributed by atoms with Crippen LogP contribution in [0.25, 0.3) is 0 Å². The Morgan fingerprint density at radius 1 is 1.20 bits per heavy atom. The van der Waals surface area contributed by atoms with Gasteiger partial charge < -0.3 is 10.1 Å². The van der Waals surface area contributed by atoms with Crippen molar-refractivity contribution in [3.63, 3.8) is 0 Å². The van der Waals surface area contributed by atoms with Crippen LogP contribution in [-0.4, -0.2) is 12.0 Å². The standard InChI is InChI=1S/C16H16ClNO2/c1-11-6-8-14(9-7-11)18-16(19)12(2)20-15-5-3-4-13(17)10-15/h3-10,12H,1-2H3,(H,18,19)/t12-/m0/s1. The fourth-order valence-corrected chi connectivity index (χ4v) is 1.86. The molecule has 0 unspecified atom stereocenters. The van der Waals surface area contributed by atoms with Gasteiger partial charge in [0.25, 0.3) is 5.91 Å². The molecule has 4 heteroatoms. The van der Waals surface area contributed by atoms with Gasteiger partial charge in [-0.3, -0.25) is 4.79 Å². The summed E-state index contributed by atoms with van der Waals surface area (Å²) in [6.07, 6.45) is -0.602. The van der Waals surface area contributed by atoms with E-state index in [9.17, 15) is 4.79 Å². The van der Waals surface area contributed by atoms with Crippen LogP contribution in [0.1, 0.15) is 12.5 Å². The van der Waals surface area contributed by atoms with Crippen molar-refractivity contribution in [2.24, 2.45) is 0 Å². The topological polar surface area (TPSA) is 38.3 Å². The molecule has 1 atom stereocenters. The summed E-state index contributed by atoms with van der Waals surface area (Å²) in [7, 11) is 0. The van der Waals surface area contributed by atoms with Gasteiger partial charge in [-0.25, -0.2) is 0 Å². The van der Waals surface area contributed by atoms with Crippen molar-refractivity contribution >= 4 is 23.2 Å². The van der Waals surface area contributed by atoms with Crippen LogP contribution in [0.4, 0.5) is 5.69 Å². The normalized spacial score (nSPS) is 11.8. The van der Waals surface area contributed by atoms with Crippen LogP contribution in [0.3, 0.4) is 0 Å². The molecule has 2 aromatic carbocycles. The fourth-order valence-electron chi connectivity index (χ4n) is 1.68. The molecule has 0 spiro atoms. The number of hydrogen-bond acceptors (Lipinski definition) is 2. The fraction of sp³-hybridized carbons (Fsp3) is 0.188. The third-order valence-electron chi connectivity index (χ3n) is 2.80. The molecular formula is C16H16ClNO2. The molecule has 0 aliphatic heterocycles. The molecule has 0 saturated carbocycles. The third-order valence-corrected chi connectivity index (χ3v) is 3.03. The zero-order chi connectivity index (χ0) is 14.5. The highest BCUT2D eigenvalue weighted by Crippen LogP contribution is 2.19. The van der Waals surface area contributed by atoms with Crippen LogP contribution in [0.5, 0.6) is 5.75 Å². The van der Waals surface area contributed by atoms with Gasteiger partial charge in [0.05, 0.1) is 0 Å². The molecule has 20 heavy (non-hydrogen) atoms. The number of hydrogen-bond donors (Lipinski definition) is 1. The van der Waals surface area contributed by atoms with Crippen molar-refractivity contribution in [3.05, 3.63) is 59.1 Å². The van der Waals surface area contributed by atoms with E-state index >= 15 is 0 Å². The van der Waals surface area contributed by atoms with Gasteiger partial charge in [0.2, 0.25) is 0 Å². The lowest BCUT2D eigenvalue weighted by molar-refractivity contribution is -0.122. The van der Waals surface area contributed by atoms with Gasteiger partial charge in [0.1, 0.15) is 5.75 Å². The summed E-state index contributed by atoms with van der Waals surface area (Å²) in [5.41, 5.74) is 1.90.